The van der Waals surface area contributed by atoms with Crippen molar-refractivity contribution in [3.63, 3.8) is 0 Å². The van der Waals surface area contributed by atoms with E-state index in [1.54, 1.807) is 4.68 Å². The highest BCUT2D eigenvalue weighted by molar-refractivity contribution is 14.0. The number of aryl methyl sites for hydroxylation is 1. The summed E-state index contributed by atoms with van der Waals surface area (Å²) in [5, 5.41) is 10.3. The fourth-order valence-electron chi connectivity index (χ4n) is 2.84. The number of carbonyl (C=O) groups excluding carboxylic acids is 1. The van der Waals surface area contributed by atoms with Crippen molar-refractivity contribution in [1.29, 1.82) is 0 Å². The van der Waals surface area contributed by atoms with Gasteiger partial charge in [-0.2, -0.15) is 5.10 Å². The Labute approximate surface area is 190 Å². The van der Waals surface area contributed by atoms with Crippen LogP contribution in [-0.2, 0) is 16.5 Å². The number of ether oxygens (including phenoxy) is 2. The average molecular weight is 522 g/mol. The first kappa shape index (κ1) is 25.5. The van der Waals surface area contributed by atoms with Gasteiger partial charge in [-0.3, -0.25) is 9.67 Å². The van der Waals surface area contributed by atoms with Crippen LogP contribution >= 0.6 is 24.0 Å². The Morgan fingerprint density at radius 2 is 2.17 bits per heavy atom. The number of nitrogens with zero attached hydrogens (tertiary/aromatic N) is 4. The van der Waals surface area contributed by atoms with E-state index in [0.29, 0.717) is 19.7 Å². The minimum atomic E-state index is -0.485. The number of aliphatic imine (C=N–C) groups is 1. The number of halogens is 1. The fourth-order valence-corrected chi connectivity index (χ4v) is 2.84. The van der Waals surface area contributed by atoms with Crippen LogP contribution in [0, 0.1) is 0 Å². The minimum absolute atomic E-state index is 0. The van der Waals surface area contributed by atoms with E-state index in [2.05, 4.69) is 27.6 Å². The predicted octanol–water partition coefficient (Wildman–Crippen LogP) is 2.29. The van der Waals surface area contributed by atoms with E-state index in [9.17, 15) is 4.79 Å². The highest BCUT2D eigenvalue weighted by Crippen LogP contribution is 2.21. The second-order valence-corrected chi connectivity index (χ2v) is 7.77. The quantitative estimate of drug-likeness (QED) is 0.258. The van der Waals surface area contributed by atoms with E-state index in [-0.39, 0.29) is 30.1 Å². The van der Waals surface area contributed by atoms with Crippen molar-refractivity contribution in [2.45, 2.75) is 45.8 Å². The van der Waals surface area contributed by atoms with Gasteiger partial charge in [-0.15, -0.1) is 24.0 Å². The van der Waals surface area contributed by atoms with Crippen LogP contribution in [0.2, 0.25) is 0 Å². The molecule has 1 aliphatic heterocycles. The Morgan fingerprint density at radius 3 is 2.79 bits per heavy atom. The monoisotopic (exact) mass is 522 g/mol. The molecule has 1 atom stereocenters. The van der Waals surface area contributed by atoms with Gasteiger partial charge >= 0.3 is 6.09 Å². The molecule has 0 aliphatic carbocycles. The second-order valence-electron chi connectivity index (χ2n) is 7.77. The van der Waals surface area contributed by atoms with Crippen molar-refractivity contribution in [3.8, 4) is 0 Å². The van der Waals surface area contributed by atoms with Gasteiger partial charge in [0.1, 0.15) is 11.7 Å². The van der Waals surface area contributed by atoms with Gasteiger partial charge in [0.2, 0.25) is 0 Å². The Kier molecular flexibility index (Phi) is 10.7. The minimum Gasteiger partial charge on any atom is -0.444 e. The van der Waals surface area contributed by atoms with Crippen molar-refractivity contribution in [2.75, 3.05) is 39.3 Å². The van der Waals surface area contributed by atoms with Gasteiger partial charge in [0, 0.05) is 45.0 Å². The van der Waals surface area contributed by atoms with Gasteiger partial charge in [-0.25, -0.2) is 4.79 Å². The third-order valence-corrected chi connectivity index (χ3v) is 4.06. The first-order valence-corrected chi connectivity index (χ1v) is 9.88. The number of morpholine rings is 1. The molecule has 0 bridgehead atoms. The molecule has 0 spiro atoms. The average Bonchev–Trinajstić information content (AvgIpc) is 3.05. The summed E-state index contributed by atoms with van der Waals surface area (Å²) in [4.78, 5) is 18.6. The summed E-state index contributed by atoms with van der Waals surface area (Å²) in [6.07, 6.45) is 4.17. The molecule has 1 aromatic heterocycles. The SMILES string of the molecule is CCNC(=NCCCNC(=O)OC(C)(C)C)N1CCOC(c2cnn(C)c2)C1.I. The van der Waals surface area contributed by atoms with Gasteiger partial charge in [-0.05, 0) is 34.1 Å². The zero-order valence-corrected chi connectivity index (χ0v) is 20.4. The molecule has 2 N–H and O–H groups in total. The molecule has 10 heteroatoms. The van der Waals surface area contributed by atoms with Crippen molar-refractivity contribution < 1.29 is 14.3 Å². The fraction of sp³-hybridized carbons (Fsp3) is 0.737. The van der Waals surface area contributed by atoms with Crippen molar-refractivity contribution >= 4 is 36.0 Å². The molecule has 1 saturated heterocycles. The standard InChI is InChI=1S/C19H34N6O3.HI/c1-6-20-17(21-8-7-9-22-18(26)28-19(2,3)4)25-10-11-27-16(14-25)15-12-23-24(5)13-15;/h12-13,16H,6-11,14H2,1-5H3,(H,20,21)(H,22,26);1H. The number of carbonyl (C=O) groups is 1. The molecule has 9 nitrogen and oxygen atoms in total. The molecule has 0 saturated carbocycles. The maximum atomic E-state index is 11.7. The lowest BCUT2D eigenvalue weighted by Crippen LogP contribution is -2.48. The summed E-state index contributed by atoms with van der Waals surface area (Å²) in [5.41, 5.74) is 0.589. The zero-order chi connectivity index (χ0) is 20.6. The summed E-state index contributed by atoms with van der Waals surface area (Å²) < 4.78 is 12.9. The highest BCUT2D eigenvalue weighted by Gasteiger charge is 2.25. The summed E-state index contributed by atoms with van der Waals surface area (Å²) in [6, 6.07) is 0. The number of amides is 1. The number of aromatic nitrogens is 2. The molecule has 0 aromatic carbocycles. The lowest BCUT2D eigenvalue weighted by molar-refractivity contribution is -0.00804. The van der Waals surface area contributed by atoms with E-state index in [1.165, 1.54) is 0 Å². The van der Waals surface area contributed by atoms with Crippen molar-refractivity contribution in [2.24, 2.45) is 12.0 Å². The second kappa shape index (κ2) is 12.2. The highest BCUT2D eigenvalue weighted by atomic mass is 127. The molecule has 166 valence electrons. The van der Waals surface area contributed by atoms with Crippen LogP contribution in [-0.4, -0.2) is 71.7 Å². The maximum absolute atomic E-state index is 11.7. The third-order valence-electron chi connectivity index (χ3n) is 4.06. The van der Waals surface area contributed by atoms with Crippen LogP contribution in [0.4, 0.5) is 4.79 Å². The van der Waals surface area contributed by atoms with Gasteiger partial charge in [0.05, 0.1) is 19.3 Å². The largest absolute Gasteiger partial charge is 0.444 e. The Hall–Kier alpha value is -1.56. The molecular formula is C19H35IN6O3. The van der Waals surface area contributed by atoms with Crippen LogP contribution in [0.25, 0.3) is 0 Å². The van der Waals surface area contributed by atoms with Gasteiger partial charge in [-0.1, -0.05) is 0 Å². The van der Waals surface area contributed by atoms with Crippen LogP contribution in [0.1, 0.15) is 45.8 Å². The van der Waals surface area contributed by atoms with Crippen LogP contribution in [0.15, 0.2) is 17.4 Å². The van der Waals surface area contributed by atoms with Crippen molar-refractivity contribution in [3.05, 3.63) is 18.0 Å². The molecule has 1 unspecified atom stereocenters. The molecule has 1 aliphatic rings. The smallest absolute Gasteiger partial charge is 0.407 e. The molecule has 1 fully saturated rings. The topological polar surface area (TPSA) is 93.0 Å². The van der Waals surface area contributed by atoms with Crippen molar-refractivity contribution in [1.82, 2.24) is 25.3 Å². The van der Waals surface area contributed by atoms with E-state index in [4.69, 9.17) is 14.5 Å². The van der Waals surface area contributed by atoms with E-state index in [0.717, 1.165) is 37.6 Å². The normalized spacial score (nSPS) is 17.5. The van der Waals surface area contributed by atoms with Crippen LogP contribution < -0.4 is 10.6 Å². The summed E-state index contributed by atoms with van der Waals surface area (Å²) in [6.45, 7) is 11.7. The van der Waals surface area contributed by atoms with Crippen LogP contribution in [0.3, 0.4) is 0 Å². The first-order chi connectivity index (χ1) is 13.3. The molecule has 2 heterocycles. The number of guanidine groups is 1. The Morgan fingerprint density at radius 1 is 1.41 bits per heavy atom. The number of hydrogen-bond donors (Lipinski definition) is 2. The lowest BCUT2D eigenvalue weighted by atomic mass is 10.1. The van der Waals surface area contributed by atoms with Crippen LogP contribution in [0.5, 0.6) is 0 Å². The maximum Gasteiger partial charge on any atom is 0.407 e. The van der Waals surface area contributed by atoms with Gasteiger partial charge < -0.3 is 25.0 Å². The molecule has 0 radical (unpaired) electrons. The Balaban J connectivity index is 0.00000420. The lowest BCUT2D eigenvalue weighted by Gasteiger charge is -2.34. The molecule has 1 aromatic rings. The van der Waals surface area contributed by atoms with E-state index in [1.807, 2.05) is 40.2 Å². The Bertz CT molecular complexity index is 659. The molecule has 1 amide bonds. The third kappa shape index (κ3) is 9.20. The first-order valence-electron chi connectivity index (χ1n) is 9.88. The number of hydrogen-bond acceptors (Lipinski definition) is 5. The van der Waals surface area contributed by atoms with E-state index < -0.39 is 11.7 Å². The summed E-state index contributed by atoms with van der Waals surface area (Å²) in [7, 11) is 1.90. The summed E-state index contributed by atoms with van der Waals surface area (Å²) >= 11 is 0. The van der Waals surface area contributed by atoms with Gasteiger partial charge in [0.25, 0.3) is 0 Å². The predicted molar refractivity (Wildman–Crippen MR) is 124 cm³/mol. The molecular weight excluding hydrogens is 487 g/mol. The number of rotatable bonds is 6. The number of alkyl carbamates (subject to hydrolysis) is 1. The zero-order valence-electron chi connectivity index (χ0n) is 18.1. The molecule has 2 rings (SSSR count). The number of nitrogens with one attached hydrogen (secondary N) is 2. The van der Waals surface area contributed by atoms with E-state index >= 15 is 0 Å². The molecule has 29 heavy (non-hydrogen) atoms. The van der Waals surface area contributed by atoms with Gasteiger partial charge in [0.15, 0.2) is 5.96 Å². The summed E-state index contributed by atoms with van der Waals surface area (Å²) in [5.74, 6) is 0.872.